The average molecular weight is 299 g/mol. The highest BCUT2D eigenvalue weighted by atomic mass is 32.1. The van der Waals surface area contributed by atoms with Gasteiger partial charge in [-0.05, 0) is 31.2 Å². The molecule has 0 aliphatic carbocycles. The lowest BCUT2D eigenvalue weighted by Gasteiger charge is -2.00. The monoisotopic (exact) mass is 299 g/mol. The first kappa shape index (κ1) is 13.5. The zero-order valence-electron chi connectivity index (χ0n) is 11.6. The number of thiazole rings is 1. The molecule has 0 saturated heterocycles. The van der Waals surface area contributed by atoms with Crippen molar-refractivity contribution in [2.24, 2.45) is 0 Å². The smallest absolute Gasteiger partial charge is 0.248 e. The van der Waals surface area contributed by atoms with Crippen LogP contribution in [0.5, 0.6) is 0 Å². The predicted molar refractivity (Wildman–Crippen MR) is 83.3 cm³/mol. The van der Waals surface area contributed by atoms with Crippen molar-refractivity contribution >= 4 is 40.1 Å². The van der Waals surface area contributed by atoms with Gasteiger partial charge in [-0.2, -0.15) is 0 Å². The highest BCUT2D eigenvalue weighted by Crippen LogP contribution is 2.19. The standard InChI is InChI=1S/C15H13N3O2S/c1-9-16-13-7-11(3-5-14(13)20-9)18-15(19)6-4-12-8-21-10(2)17-12/h3-8H,1-2H3,(H,18,19)/b6-4+. The topological polar surface area (TPSA) is 68.0 Å². The van der Waals surface area contributed by atoms with Crippen LogP contribution in [0.3, 0.4) is 0 Å². The van der Waals surface area contributed by atoms with E-state index in [1.165, 1.54) is 6.08 Å². The van der Waals surface area contributed by atoms with E-state index in [1.54, 1.807) is 42.5 Å². The first-order valence-electron chi connectivity index (χ1n) is 6.38. The Morgan fingerprint density at radius 2 is 2.19 bits per heavy atom. The van der Waals surface area contributed by atoms with E-state index in [4.69, 9.17) is 4.42 Å². The fourth-order valence-electron chi connectivity index (χ4n) is 1.92. The van der Waals surface area contributed by atoms with Crippen LogP contribution in [0.2, 0.25) is 0 Å². The zero-order valence-corrected chi connectivity index (χ0v) is 12.4. The third kappa shape index (κ3) is 3.17. The minimum Gasteiger partial charge on any atom is -0.441 e. The van der Waals surface area contributed by atoms with Crippen LogP contribution in [0, 0.1) is 13.8 Å². The van der Waals surface area contributed by atoms with E-state index in [-0.39, 0.29) is 5.91 Å². The van der Waals surface area contributed by atoms with E-state index in [0.717, 1.165) is 16.2 Å². The Balaban J connectivity index is 1.72. The maximum Gasteiger partial charge on any atom is 0.248 e. The summed E-state index contributed by atoms with van der Waals surface area (Å²) in [5, 5.41) is 5.67. The fourth-order valence-corrected chi connectivity index (χ4v) is 2.50. The number of hydrogen-bond acceptors (Lipinski definition) is 5. The molecule has 1 amide bonds. The quantitative estimate of drug-likeness (QED) is 0.751. The molecule has 0 unspecified atom stereocenters. The average Bonchev–Trinajstić information content (AvgIpc) is 3.01. The van der Waals surface area contributed by atoms with Crippen LogP contribution in [-0.2, 0) is 4.79 Å². The van der Waals surface area contributed by atoms with Crippen molar-refractivity contribution in [3.8, 4) is 0 Å². The van der Waals surface area contributed by atoms with Gasteiger partial charge in [-0.3, -0.25) is 4.79 Å². The molecule has 2 heterocycles. The van der Waals surface area contributed by atoms with E-state index < -0.39 is 0 Å². The molecule has 2 aromatic heterocycles. The summed E-state index contributed by atoms with van der Waals surface area (Å²) in [7, 11) is 0. The van der Waals surface area contributed by atoms with Crippen LogP contribution >= 0.6 is 11.3 Å². The van der Waals surface area contributed by atoms with Crippen LogP contribution in [0.15, 0.2) is 34.1 Å². The SMILES string of the molecule is Cc1nc2cc(NC(=O)/C=C/c3csc(C)n3)ccc2o1. The van der Waals surface area contributed by atoms with Gasteiger partial charge in [0.1, 0.15) is 5.52 Å². The van der Waals surface area contributed by atoms with Gasteiger partial charge >= 0.3 is 0 Å². The first-order valence-corrected chi connectivity index (χ1v) is 7.26. The summed E-state index contributed by atoms with van der Waals surface area (Å²) in [4.78, 5) is 20.4. The molecular weight excluding hydrogens is 286 g/mol. The minimum absolute atomic E-state index is 0.208. The van der Waals surface area contributed by atoms with Gasteiger partial charge in [-0.15, -0.1) is 11.3 Å². The largest absolute Gasteiger partial charge is 0.441 e. The predicted octanol–water partition coefficient (Wildman–Crippen LogP) is 3.55. The summed E-state index contributed by atoms with van der Waals surface area (Å²) in [6, 6.07) is 5.36. The van der Waals surface area contributed by atoms with Crippen LogP contribution < -0.4 is 5.32 Å². The number of hydrogen-bond donors (Lipinski definition) is 1. The highest BCUT2D eigenvalue weighted by molar-refractivity contribution is 7.09. The lowest BCUT2D eigenvalue weighted by Crippen LogP contribution is -2.07. The van der Waals surface area contributed by atoms with Crippen molar-refractivity contribution in [2.45, 2.75) is 13.8 Å². The number of anilines is 1. The van der Waals surface area contributed by atoms with Crippen molar-refractivity contribution in [3.05, 3.63) is 46.2 Å². The molecule has 1 N–H and O–H groups in total. The third-order valence-electron chi connectivity index (χ3n) is 2.80. The molecular formula is C15H13N3O2S. The molecule has 6 heteroatoms. The summed E-state index contributed by atoms with van der Waals surface area (Å²) in [6.45, 7) is 3.72. The van der Waals surface area contributed by atoms with Crippen molar-refractivity contribution in [3.63, 3.8) is 0 Å². The Bertz CT molecular complexity index is 832. The van der Waals surface area contributed by atoms with Gasteiger partial charge in [0, 0.05) is 24.1 Å². The molecule has 106 valence electrons. The molecule has 0 radical (unpaired) electrons. The summed E-state index contributed by atoms with van der Waals surface area (Å²) < 4.78 is 5.39. The van der Waals surface area contributed by atoms with Gasteiger partial charge in [-0.25, -0.2) is 9.97 Å². The normalized spacial score (nSPS) is 11.3. The lowest BCUT2D eigenvalue weighted by molar-refractivity contribution is -0.111. The number of aryl methyl sites for hydroxylation is 2. The van der Waals surface area contributed by atoms with E-state index in [2.05, 4.69) is 15.3 Å². The number of carbonyl (C=O) groups excluding carboxylic acids is 1. The van der Waals surface area contributed by atoms with Crippen LogP contribution in [0.25, 0.3) is 17.2 Å². The summed E-state index contributed by atoms with van der Waals surface area (Å²) >= 11 is 1.55. The maximum atomic E-state index is 11.9. The number of fused-ring (bicyclic) bond motifs is 1. The van der Waals surface area contributed by atoms with Crippen molar-refractivity contribution in [2.75, 3.05) is 5.32 Å². The van der Waals surface area contributed by atoms with Crippen molar-refractivity contribution in [1.29, 1.82) is 0 Å². The molecule has 3 aromatic rings. The molecule has 0 spiro atoms. The summed E-state index contributed by atoms with van der Waals surface area (Å²) in [5.41, 5.74) is 2.90. The second kappa shape index (κ2) is 5.49. The first-order chi connectivity index (χ1) is 10.1. The molecule has 0 fully saturated rings. The van der Waals surface area contributed by atoms with Crippen LogP contribution in [-0.4, -0.2) is 15.9 Å². The van der Waals surface area contributed by atoms with E-state index >= 15 is 0 Å². The van der Waals surface area contributed by atoms with Crippen LogP contribution in [0.4, 0.5) is 5.69 Å². The molecule has 3 rings (SSSR count). The van der Waals surface area contributed by atoms with Gasteiger partial charge in [0.05, 0.1) is 10.7 Å². The number of rotatable bonds is 3. The number of nitrogens with zero attached hydrogens (tertiary/aromatic N) is 2. The Kier molecular flexibility index (Phi) is 3.53. The molecule has 0 saturated carbocycles. The highest BCUT2D eigenvalue weighted by Gasteiger charge is 2.04. The third-order valence-corrected chi connectivity index (χ3v) is 3.60. The van der Waals surface area contributed by atoms with Gasteiger partial charge in [0.2, 0.25) is 5.91 Å². The van der Waals surface area contributed by atoms with E-state index in [0.29, 0.717) is 17.2 Å². The van der Waals surface area contributed by atoms with Gasteiger partial charge < -0.3 is 9.73 Å². The van der Waals surface area contributed by atoms with Gasteiger partial charge in [0.25, 0.3) is 0 Å². The fraction of sp³-hybridized carbons (Fsp3) is 0.133. The zero-order chi connectivity index (χ0) is 14.8. The second-order valence-corrected chi connectivity index (χ2v) is 5.59. The Morgan fingerprint density at radius 1 is 1.33 bits per heavy atom. The van der Waals surface area contributed by atoms with Gasteiger partial charge in [-0.1, -0.05) is 0 Å². The number of benzene rings is 1. The summed E-state index contributed by atoms with van der Waals surface area (Å²) in [6.07, 6.45) is 3.16. The van der Waals surface area contributed by atoms with Crippen molar-refractivity contribution in [1.82, 2.24) is 9.97 Å². The molecule has 0 aliphatic heterocycles. The molecule has 1 aromatic carbocycles. The van der Waals surface area contributed by atoms with Gasteiger partial charge in [0.15, 0.2) is 11.5 Å². The van der Waals surface area contributed by atoms with E-state index in [9.17, 15) is 4.79 Å². The number of aromatic nitrogens is 2. The Labute approximate surface area is 125 Å². The Morgan fingerprint density at radius 3 is 2.95 bits per heavy atom. The molecule has 0 aliphatic rings. The van der Waals surface area contributed by atoms with Crippen molar-refractivity contribution < 1.29 is 9.21 Å². The number of nitrogens with one attached hydrogen (secondary N) is 1. The van der Waals surface area contributed by atoms with E-state index in [1.807, 2.05) is 12.3 Å². The number of carbonyl (C=O) groups is 1. The molecule has 21 heavy (non-hydrogen) atoms. The second-order valence-electron chi connectivity index (χ2n) is 4.53. The number of amides is 1. The molecule has 5 nitrogen and oxygen atoms in total. The summed E-state index contributed by atoms with van der Waals surface area (Å²) in [5.74, 6) is 0.396. The number of oxazole rings is 1. The lowest BCUT2D eigenvalue weighted by atomic mass is 10.3. The minimum atomic E-state index is -0.208. The molecule has 0 bridgehead atoms. The Hall–Kier alpha value is -2.47. The van der Waals surface area contributed by atoms with Crippen LogP contribution in [0.1, 0.15) is 16.6 Å². The molecule has 0 atom stereocenters. The maximum absolute atomic E-state index is 11.9.